The Morgan fingerprint density at radius 2 is 1.26 bits per heavy atom. The van der Waals surface area contributed by atoms with Crippen molar-refractivity contribution in [2.24, 2.45) is 14.1 Å². The molecule has 0 bridgehead atoms. The zero-order valence-electron chi connectivity index (χ0n) is 26.1. The summed E-state index contributed by atoms with van der Waals surface area (Å²) in [5.41, 5.74) is 13.5. The van der Waals surface area contributed by atoms with Crippen LogP contribution < -0.4 is 4.57 Å². The number of aryl methyl sites for hydroxylation is 6. The van der Waals surface area contributed by atoms with Crippen molar-refractivity contribution in [1.82, 2.24) is 9.13 Å². The summed E-state index contributed by atoms with van der Waals surface area (Å²) in [4.78, 5) is 0. The van der Waals surface area contributed by atoms with E-state index in [1.807, 2.05) is 0 Å². The number of rotatable bonds is 4. The van der Waals surface area contributed by atoms with Crippen LogP contribution in [0.3, 0.4) is 0 Å². The van der Waals surface area contributed by atoms with E-state index >= 15 is 0 Å². The number of hydrogen-bond acceptors (Lipinski definition) is 0. The highest BCUT2D eigenvalue weighted by Gasteiger charge is 2.16. The minimum Gasteiger partial charge on any atom is -0.340 e. The van der Waals surface area contributed by atoms with Gasteiger partial charge in [0.15, 0.2) is 6.20 Å². The van der Waals surface area contributed by atoms with Crippen LogP contribution in [0.25, 0.3) is 54.7 Å². The molecule has 0 saturated heterocycles. The number of aromatic nitrogens is 3. The predicted octanol–water partition coefficient (Wildman–Crippen LogP) is 9.65. The second kappa shape index (κ2) is 11.1. The van der Waals surface area contributed by atoms with Crippen LogP contribution in [-0.4, -0.2) is 9.13 Å². The second-order valence-electron chi connectivity index (χ2n) is 11.8. The Morgan fingerprint density at radius 3 is 1.95 bits per heavy atom. The van der Waals surface area contributed by atoms with Crippen molar-refractivity contribution in [3.05, 3.63) is 114 Å². The maximum atomic E-state index is 2.54. The third-order valence-corrected chi connectivity index (χ3v) is 9.25. The average molecular weight is 553 g/mol. The maximum absolute atomic E-state index is 2.54. The van der Waals surface area contributed by atoms with Gasteiger partial charge in [0.25, 0.3) is 0 Å². The van der Waals surface area contributed by atoms with Gasteiger partial charge < -0.3 is 9.13 Å². The SMILES string of the molecule is CCCCn1c2ccccc2c2cccc(-c3cc(C)c(C)c(C)c3)c21.Cc1c2c(cc[n+]1C)c1ccccc1n2C. The lowest BCUT2D eigenvalue weighted by Crippen LogP contribution is -2.31. The summed E-state index contributed by atoms with van der Waals surface area (Å²) in [5.74, 6) is 0. The topological polar surface area (TPSA) is 13.7 Å². The molecule has 0 spiro atoms. The predicted molar refractivity (Wildman–Crippen MR) is 180 cm³/mol. The molecule has 3 heterocycles. The second-order valence-corrected chi connectivity index (χ2v) is 11.8. The number of para-hydroxylation sites is 3. The van der Waals surface area contributed by atoms with Crippen molar-refractivity contribution in [3.8, 4) is 11.1 Å². The molecule has 7 rings (SSSR count). The van der Waals surface area contributed by atoms with Gasteiger partial charge in [0.1, 0.15) is 12.6 Å². The molecule has 0 saturated carbocycles. The average Bonchev–Trinajstić information content (AvgIpc) is 3.49. The molecule has 212 valence electrons. The van der Waals surface area contributed by atoms with Crippen LogP contribution in [0.5, 0.6) is 0 Å². The molecule has 3 aromatic heterocycles. The first kappa shape index (κ1) is 27.8. The molecular weight excluding hydrogens is 510 g/mol. The highest BCUT2D eigenvalue weighted by atomic mass is 15.0. The fraction of sp³-hybridized carbons (Fsp3) is 0.256. The molecule has 0 amide bonds. The van der Waals surface area contributed by atoms with E-state index < -0.39 is 0 Å². The Hall–Kier alpha value is -4.37. The number of unbranched alkanes of at least 4 members (excludes halogenated alkanes) is 1. The van der Waals surface area contributed by atoms with Crippen LogP contribution in [0.2, 0.25) is 0 Å². The highest BCUT2D eigenvalue weighted by Crippen LogP contribution is 2.37. The Bertz CT molecular complexity index is 2060. The quantitative estimate of drug-likeness (QED) is 0.193. The minimum atomic E-state index is 1.07. The van der Waals surface area contributed by atoms with Crippen LogP contribution in [-0.2, 0) is 20.6 Å². The van der Waals surface area contributed by atoms with Gasteiger partial charge in [0.05, 0.1) is 5.52 Å². The monoisotopic (exact) mass is 552 g/mol. The van der Waals surface area contributed by atoms with E-state index in [1.165, 1.54) is 90.0 Å². The zero-order chi connectivity index (χ0) is 29.5. The molecule has 0 atom stereocenters. The van der Waals surface area contributed by atoms with Gasteiger partial charge in [-0.25, -0.2) is 4.57 Å². The van der Waals surface area contributed by atoms with Crippen molar-refractivity contribution in [1.29, 1.82) is 0 Å². The summed E-state index contributed by atoms with van der Waals surface area (Å²) in [7, 11) is 4.23. The lowest BCUT2D eigenvalue weighted by Gasteiger charge is -2.13. The third-order valence-electron chi connectivity index (χ3n) is 9.25. The van der Waals surface area contributed by atoms with Gasteiger partial charge in [-0.2, -0.15) is 0 Å². The van der Waals surface area contributed by atoms with Gasteiger partial charge in [0, 0.05) is 64.7 Å². The molecule has 3 heteroatoms. The van der Waals surface area contributed by atoms with E-state index in [2.05, 4.69) is 154 Å². The lowest BCUT2D eigenvalue weighted by atomic mass is 9.95. The molecule has 3 nitrogen and oxygen atoms in total. The van der Waals surface area contributed by atoms with Crippen LogP contribution in [0, 0.1) is 27.7 Å². The van der Waals surface area contributed by atoms with E-state index in [0.29, 0.717) is 0 Å². The van der Waals surface area contributed by atoms with E-state index in [1.54, 1.807) is 0 Å². The van der Waals surface area contributed by atoms with Gasteiger partial charge in [0.2, 0.25) is 5.69 Å². The summed E-state index contributed by atoms with van der Waals surface area (Å²) < 4.78 is 6.98. The van der Waals surface area contributed by atoms with E-state index in [0.717, 1.165) is 6.54 Å². The Labute approximate surface area is 249 Å². The number of nitrogens with zero attached hydrogens (tertiary/aromatic N) is 3. The smallest absolute Gasteiger partial charge is 0.202 e. The van der Waals surface area contributed by atoms with Gasteiger partial charge in [-0.15, -0.1) is 0 Å². The molecule has 0 radical (unpaired) electrons. The van der Waals surface area contributed by atoms with Crippen molar-refractivity contribution >= 4 is 43.6 Å². The van der Waals surface area contributed by atoms with Gasteiger partial charge in [-0.05, 0) is 61.6 Å². The molecule has 0 fully saturated rings. The number of hydrogen-bond donors (Lipinski definition) is 0. The summed E-state index contributed by atoms with van der Waals surface area (Å²) in [5, 5.41) is 5.41. The summed E-state index contributed by atoms with van der Waals surface area (Å²) in [6, 6.07) is 31.1. The first-order valence-corrected chi connectivity index (χ1v) is 15.2. The van der Waals surface area contributed by atoms with Crippen LogP contribution in [0.4, 0.5) is 0 Å². The van der Waals surface area contributed by atoms with Crippen molar-refractivity contribution < 1.29 is 4.57 Å². The number of pyridine rings is 1. The van der Waals surface area contributed by atoms with Crippen molar-refractivity contribution in [2.75, 3.05) is 0 Å². The van der Waals surface area contributed by atoms with Gasteiger partial charge in [-0.3, -0.25) is 0 Å². The first-order chi connectivity index (χ1) is 20.3. The molecule has 7 aromatic rings. The number of benzene rings is 4. The molecule has 0 aliphatic heterocycles. The largest absolute Gasteiger partial charge is 0.340 e. The molecule has 0 unspecified atom stereocenters. The molecule has 4 aromatic carbocycles. The summed E-state index contributed by atoms with van der Waals surface area (Å²) in [6.45, 7) is 12.2. The molecule has 0 N–H and O–H groups in total. The van der Waals surface area contributed by atoms with Crippen LogP contribution in [0.1, 0.15) is 42.1 Å². The Morgan fingerprint density at radius 1 is 0.667 bits per heavy atom. The van der Waals surface area contributed by atoms with Crippen LogP contribution in [0.15, 0.2) is 91.1 Å². The Kier molecular flexibility index (Phi) is 7.36. The van der Waals surface area contributed by atoms with E-state index in [4.69, 9.17) is 0 Å². The van der Waals surface area contributed by atoms with Gasteiger partial charge >= 0.3 is 0 Å². The fourth-order valence-corrected chi connectivity index (χ4v) is 6.58. The standard InChI is InChI=1S/C25H27N.C14H15N2/c1-5-6-14-26-24-13-8-7-10-22(24)23-12-9-11-21(25(23)26)20-15-17(2)19(4)18(3)16-20;1-10-14-12(8-9-15(10)2)11-6-4-5-7-13(11)16(14)3/h7-13,15-16H,5-6,14H2,1-4H3;4-9H,1-3H3/q;+1. The first-order valence-electron chi connectivity index (χ1n) is 15.2. The normalized spacial score (nSPS) is 11.5. The van der Waals surface area contributed by atoms with Crippen molar-refractivity contribution in [3.63, 3.8) is 0 Å². The minimum absolute atomic E-state index is 1.07. The van der Waals surface area contributed by atoms with E-state index in [-0.39, 0.29) is 0 Å². The van der Waals surface area contributed by atoms with Gasteiger partial charge in [-0.1, -0.05) is 80.1 Å². The van der Waals surface area contributed by atoms with E-state index in [9.17, 15) is 0 Å². The van der Waals surface area contributed by atoms with Crippen molar-refractivity contribution in [2.45, 2.75) is 54.0 Å². The highest BCUT2D eigenvalue weighted by molar-refractivity contribution is 6.12. The molecule has 0 aliphatic rings. The summed E-state index contributed by atoms with van der Waals surface area (Å²) in [6.07, 6.45) is 4.54. The Balaban J connectivity index is 0.000000168. The zero-order valence-corrected chi connectivity index (χ0v) is 26.1. The summed E-state index contributed by atoms with van der Waals surface area (Å²) >= 11 is 0. The molecule has 42 heavy (non-hydrogen) atoms. The third kappa shape index (κ3) is 4.58. The number of fused-ring (bicyclic) bond motifs is 6. The lowest BCUT2D eigenvalue weighted by molar-refractivity contribution is -0.676. The fourth-order valence-electron chi connectivity index (χ4n) is 6.58. The molecular formula is C39H42N3+. The molecule has 0 aliphatic carbocycles. The van der Waals surface area contributed by atoms with Crippen LogP contribution >= 0.6 is 0 Å². The maximum Gasteiger partial charge on any atom is 0.202 e.